The lowest BCUT2D eigenvalue weighted by Crippen LogP contribution is -2.25. The molecule has 1 unspecified atom stereocenters. The molecule has 2 aromatic rings. The van der Waals surface area contributed by atoms with Crippen LogP contribution in [-0.2, 0) is 6.42 Å². The fraction of sp³-hybridized carbons (Fsp3) is 0.467. The maximum Gasteiger partial charge on any atom is 0.153 e. The second-order valence-corrected chi connectivity index (χ2v) is 5.15. The molecule has 0 spiro atoms. The minimum atomic E-state index is 0.451. The molecule has 2 heterocycles. The molecule has 0 fully saturated rings. The molecule has 2 aromatic heterocycles. The average Bonchev–Trinajstić information content (AvgIpc) is 2.84. The largest absolute Gasteiger partial charge is 0.310 e. The summed E-state index contributed by atoms with van der Waals surface area (Å²) in [7, 11) is 0. The van der Waals surface area contributed by atoms with E-state index in [9.17, 15) is 0 Å². The third-order valence-corrected chi connectivity index (χ3v) is 3.75. The Morgan fingerprint density at radius 3 is 3.16 bits per heavy atom. The van der Waals surface area contributed by atoms with Crippen molar-refractivity contribution in [2.45, 2.75) is 39.2 Å². The van der Waals surface area contributed by atoms with Gasteiger partial charge in [0.25, 0.3) is 0 Å². The van der Waals surface area contributed by atoms with Crippen LogP contribution >= 0.6 is 0 Å². The molecule has 3 rings (SSSR count). The van der Waals surface area contributed by atoms with E-state index in [1.807, 2.05) is 23.1 Å². The summed E-state index contributed by atoms with van der Waals surface area (Å²) in [6.07, 6.45) is 7.36. The second-order valence-electron chi connectivity index (χ2n) is 5.15. The molecule has 0 aromatic carbocycles. The molecule has 100 valence electrons. The topological polar surface area (TPSA) is 42.7 Å². The summed E-state index contributed by atoms with van der Waals surface area (Å²) in [6.45, 7) is 5.24. The Labute approximate surface area is 113 Å². The smallest absolute Gasteiger partial charge is 0.153 e. The molecule has 0 saturated carbocycles. The van der Waals surface area contributed by atoms with Crippen molar-refractivity contribution in [2.24, 2.45) is 0 Å². The molecule has 4 nitrogen and oxygen atoms in total. The molecule has 0 radical (unpaired) electrons. The minimum Gasteiger partial charge on any atom is -0.310 e. The van der Waals surface area contributed by atoms with Crippen molar-refractivity contribution >= 4 is 0 Å². The lowest BCUT2D eigenvalue weighted by Gasteiger charge is -2.23. The number of aryl methyl sites for hydroxylation is 1. The molecule has 1 aliphatic rings. The van der Waals surface area contributed by atoms with Gasteiger partial charge in [-0.05, 0) is 50.4 Å². The Morgan fingerprint density at radius 1 is 1.47 bits per heavy atom. The van der Waals surface area contributed by atoms with E-state index in [1.54, 1.807) is 0 Å². The molecule has 1 aliphatic carbocycles. The zero-order valence-electron chi connectivity index (χ0n) is 11.6. The van der Waals surface area contributed by atoms with Crippen LogP contribution in [0.1, 0.15) is 42.6 Å². The Kier molecular flexibility index (Phi) is 3.34. The number of fused-ring (bicyclic) bond motifs is 1. The number of nitrogens with zero attached hydrogens (tertiary/aromatic N) is 3. The zero-order chi connectivity index (χ0) is 13.2. The Balaban J connectivity index is 2.01. The van der Waals surface area contributed by atoms with Crippen molar-refractivity contribution < 1.29 is 0 Å². The number of aromatic nitrogens is 3. The SMILES string of the molecule is CCNC1CCCc2c1cnn2-c1cc(C)ccn1. The van der Waals surface area contributed by atoms with Gasteiger partial charge in [0.2, 0.25) is 0 Å². The van der Waals surface area contributed by atoms with Crippen LogP contribution in [0.15, 0.2) is 24.5 Å². The summed E-state index contributed by atoms with van der Waals surface area (Å²) in [4.78, 5) is 4.44. The van der Waals surface area contributed by atoms with Crippen molar-refractivity contribution in [3.8, 4) is 5.82 Å². The molecule has 0 saturated heterocycles. The van der Waals surface area contributed by atoms with Crippen LogP contribution in [0.5, 0.6) is 0 Å². The van der Waals surface area contributed by atoms with E-state index < -0.39 is 0 Å². The van der Waals surface area contributed by atoms with E-state index in [-0.39, 0.29) is 0 Å². The van der Waals surface area contributed by atoms with Gasteiger partial charge in [0.15, 0.2) is 5.82 Å². The first kappa shape index (κ1) is 12.4. The quantitative estimate of drug-likeness (QED) is 0.917. The van der Waals surface area contributed by atoms with Gasteiger partial charge in [-0.3, -0.25) is 0 Å². The summed E-state index contributed by atoms with van der Waals surface area (Å²) in [5.41, 5.74) is 3.87. The van der Waals surface area contributed by atoms with Gasteiger partial charge in [0, 0.05) is 17.8 Å². The third-order valence-electron chi connectivity index (χ3n) is 3.75. The summed E-state index contributed by atoms with van der Waals surface area (Å²) < 4.78 is 2.01. The standard InChI is InChI=1S/C15H20N4/c1-3-16-13-5-4-6-14-12(13)10-18-19(14)15-9-11(2)7-8-17-15/h7-10,13,16H,3-6H2,1-2H3. The predicted octanol–water partition coefficient (Wildman–Crippen LogP) is 2.56. The maximum absolute atomic E-state index is 4.56. The van der Waals surface area contributed by atoms with Crippen molar-refractivity contribution in [2.75, 3.05) is 6.54 Å². The van der Waals surface area contributed by atoms with Gasteiger partial charge in [-0.15, -0.1) is 0 Å². The Morgan fingerprint density at radius 2 is 2.37 bits per heavy atom. The van der Waals surface area contributed by atoms with Crippen molar-refractivity contribution in [1.29, 1.82) is 0 Å². The van der Waals surface area contributed by atoms with E-state index in [1.165, 1.54) is 29.7 Å². The van der Waals surface area contributed by atoms with E-state index in [4.69, 9.17) is 0 Å². The molecule has 1 atom stereocenters. The molecule has 4 heteroatoms. The van der Waals surface area contributed by atoms with E-state index in [2.05, 4.69) is 35.3 Å². The third kappa shape index (κ3) is 2.28. The first-order valence-corrected chi connectivity index (χ1v) is 7.03. The van der Waals surface area contributed by atoms with Gasteiger partial charge in [0.05, 0.1) is 11.9 Å². The number of hydrogen-bond donors (Lipinski definition) is 1. The maximum atomic E-state index is 4.56. The van der Waals surface area contributed by atoms with Gasteiger partial charge >= 0.3 is 0 Å². The lowest BCUT2D eigenvalue weighted by atomic mass is 9.93. The van der Waals surface area contributed by atoms with E-state index >= 15 is 0 Å². The number of rotatable bonds is 3. The Hall–Kier alpha value is -1.68. The van der Waals surface area contributed by atoms with Crippen LogP contribution in [0.2, 0.25) is 0 Å². The summed E-state index contributed by atoms with van der Waals surface area (Å²) >= 11 is 0. The average molecular weight is 256 g/mol. The lowest BCUT2D eigenvalue weighted by molar-refractivity contribution is 0.466. The number of pyridine rings is 1. The molecule has 0 aliphatic heterocycles. The van der Waals surface area contributed by atoms with E-state index in [0.717, 1.165) is 18.8 Å². The zero-order valence-corrected chi connectivity index (χ0v) is 11.6. The Bertz CT molecular complexity index is 573. The predicted molar refractivity (Wildman–Crippen MR) is 75.5 cm³/mol. The van der Waals surface area contributed by atoms with Gasteiger partial charge in [-0.2, -0.15) is 5.10 Å². The van der Waals surface area contributed by atoms with Crippen molar-refractivity contribution in [3.05, 3.63) is 41.3 Å². The van der Waals surface area contributed by atoms with Gasteiger partial charge in [-0.1, -0.05) is 6.92 Å². The van der Waals surface area contributed by atoms with Crippen LogP contribution in [0.3, 0.4) is 0 Å². The molecule has 19 heavy (non-hydrogen) atoms. The van der Waals surface area contributed by atoms with E-state index in [0.29, 0.717) is 6.04 Å². The highest BCUT2D eigenvalue weighted by atomic mass is 15.3. The van der Waals surface area contributed by atoms with Crippen LogP contribution in [0.25, 0.3) is 5.82 Å². The number of nitrogens with one attached hydrogen (secondary N) is 1. The highest BCUT2D eigenvalue weighted by Crippen LogP contribution is 2.30. The fourth-order valence-corrected chi connectivity index (χ4v) is 2.85. The van der Waals surface area contributed by atoms with Crippen LogP contribution in [0.4, 0.5) is 0 Å². The molecule has 0 bridgehead atoms. The van der Waals surface area contributed by atoms with Crippen LogP contribution in [0, 0.1) is 6.92 Å². The highest BCUT2D eigenvalue weighted by molar-refractivity contribution is 5.34. The van der Waals surface area contributed by atoms with Crippen molar-refractivity contribution in [3.63, 3.8) is 0 Å². The molecule has 1 N–H and O–H groups in total. The minimum absolute atomic E-state index is 0.451. The summed E-state index contributed by atoms with van der Waals surface area (Å²) in [6, 6.07) is 4.55. The first-order valence-electron chi connectivity index (χ1n) is 7.03. The second kappa shape index (κ2) is 5.13. The monoisotopic (exact) mass is 256 g/mol. The normalized spacial score (nSPS) is 18.3. The molecule has 0 amide bonds. The highest BCUT2D eigenvalue weighted by Gasteiger charge is 2.24. The molecular weight excluding hydrogens is 236 g/mol. The van der Waals surface area contributed by atoms with Gasteiger partial charge in [-0.25, -0.2) is 9.67 Å². The summed E-state index contributed by atoms with van der Waals surface area (Å²) in [5.74, 6) is 0.929. The van der Waals surface area contributed by atoms with Crippen LogP contribution in [-0.4, -0.2) is 21.3 Å². The van der Waals surface area contributed by atoms with Crippen molar-refractivity contribution in [1.82, 2.24) is 20.1 Å². The number of hydrogen-bond acceptors (Lipinski definition) is 3. The molecular formula is C15H20N4. The summed E-state index contributed by atoms with van der Waals surface area (Å²) in [5, 5.41) is 8.10. The van der Waals surface area contributed by atoms with Gasteiger partial charge < -0.3 is 5.32 Å². The first-order chi connectivity index (χ1) is 9.29. The van der Waals surface area contributed by atoms with Crippen LogP contribution < -0.4 is 5.32 Å². The van der Waals surface area contributed by atoms with Gasteiger partial charge in [0.1, 0.15) is 0 Å². The fourth-order valence-electron chi connectivity index (χ4n) is 2.85.